The highest BCUT2D eigenvalue weighted by Gasteiger charge is 2.41. The molecule has 0 amide bonds. The summed E-state index contributed by atoms with van der Waals surface area (Å²) >= 11 is 0. The first-order valence-corrected chi connectivity index (χ1v) is 7.14. The molecule has 16 heavy (non-hydrogen) atoms. The van der Waals surface area contributed by atoms with Gasteiger partial charge in [-0.15, -0.1) is 0 Å². The molecule has 3 fully saturated rings. The molecule has 90 valence electrons. The summed E-state index contributed by atoms with van der Waals surface area (Å²) in [5.74, 6) is 1.46. The topological polar surface area (TPSA) is 20.3 Å². The van der Waals surface area contributed by atoms with Crippen LogP contribution in [0.1, 0.15) is 51.4 Å². The van der Waals surface area contributed by atoms with Gasteiger partial charge in [0, 0.05) is 17.9 Å². The van der Waals surface area contributed by atoms with Crippen molar-refractivity contribution in [3.8, 4) is 0 Å². The van der Waals surface area contributed by atoms with Crippen molar-refractivity contribution < 1.29 is 4.79 Å². The number of carbonyl (C=O) groups excluding carboxylic acids is 1. The van der Waals surface area contributed by atoms with E-state index in [0.717, 1.165) is 0 Å². The van der Waals surface area contributed by atoms with Gasteiger partial charge >= 0.3 is 0 Å². The summed E-state index contributed by atoms with van der Waals surface area (Å²) in [7, 11) is 0. The Balaban J connectivity index is 1.77. The molecule has 0 aromatic heterocycles. The van der Waals surface area contributed by atoms with Crippen LogP contribution in [0.4, 0.5) is 0 Å². The first-order chi connectivity index (χ1) is 7.86. The van der Waals surface area contributed by atoms with Crippen LogP contribution in [0.2, 0.25) is 0 Å². The van der Waals surface area contributed by atoms with Crippen LogP contribution in [-0.2, 0) is 4.79 Å². The highest BCUT2D eigenvalue weighted by Crippen LogP contribution is 2.38. The molecule has 2 aliphatic carbocycles. The predicted molar refractivity (Wildman–Crippen MR) is 64.3 cm³/mol. The number of nitrogens with zero attached hydrogens (tertiary/aromatic N) is 1. The van der Waals surface area contributed by atoms with Crippen molar-refractivity contribution in [2.75, 3.05) is 13.1 Å². The van der Waals surface area contributed by atoms with Crippen molar-refractivity contribution >= 4 is 5.78 Å². The lowest BCUT2D eigenvalue weighted by Gasteiger charge is -2.38. The zero-order valence-electron chi connectivity index (χ0n) is 10.2. The largest absolute Gasteiger partial charge is 0.300 e. The van der Waals surface area contributed by atoms with Gasteiger partial charge in [-0.1, -0.05) is 12.8 Å². The van der Waals surface area contributed by atoms with Crippen LogP contribution in [-0.4, -0.2) is 29.8 Å². The van der Waals surface area contributed by atoms with Gasteiger partial charge in [0.15, 0.2) is 0 Å². The number of hydrogen-bond acceptors (Lipinski definition) is 2. The smallest absolute Gasteiger partial charge is 0.140 e. The molecule has 3 aliphatic rings. The summed E-state index contributed by atoms with van der Waals surface area (Å²) in [5, 5.41) is 0. The number of carbonyl (C=O) groups is 1. The van der Waals surface area contributed by atoms with Crippen molar-refractivity contribution in [2.45, 2.75) is 57.4 Å². The molecular formula is C14H23NO. The Morgan fingerprint density at radius 1 is 0.875 bits per heavy atom. The summed E-state index contributed by atoms with van der Waals surface area (Å²) in [6.45, 7) is 2.50. The van der Waals surface area contributed by atoms with Gasteiger partial charge in [-0.3, -0.25) is 9.69 Å². The van der Waals surface area contributed by atoms with Crippen LogP contribution < -0.4 is 0 Å². The maximum atomic E-state index is 12.4. The summed E-state index contributed by atoms with van der Waals surface area (Å²) in [6.07, 6.45) is 10.1. The fourth-order valence-electron chi connectivity index (χ4n) is 4.09. The van der Waals surface area contributed by atoms with Gasteiger partial charge < -0.3 is 0 Å². The molecule has 1 heterocycles. The molecule has 1 saturated heterocycles. The zero-order valence-corrected chi connectivity index (χ0v) is 10.2. The standard InChI is InChI=1S/C14H23NO/c16-14-11-5-1-2-6-12(14)13(8-7-11)15-9-3-4-10-15/h11-13H,1-10H2. The van der Waals surface area contributed by atoms with Gasteiger partial charge in [-0.05, 0) is 51.6 Å². The number of rotatable bonds is 1. The molecule has 0 N–H and O–H groups in total. The molecule has 0 spiro atoms. The van der Waals surface area contributed by atoms with E-state index in [-0.39, 0.29) is 0 Å². The van der Waals surface area contributed by atoms with E-state index in [1.54, 1.807) is 0 Å². The molecule has 1 aliphatic heterocycles. The number of likely N-dealkylation sites (tertiary alicyclic amines) is 1. The Kier molecular flexibility index (Phi) is 3.01. The molecule has 2 bridgehead atoms. The zero-order chi connectivity index (χ0) is 11.0. The van der Waals surface area contributed by atoms with Gasteiger partial charge in [-0.25, -0.2) is 0 Å². The fourth-order valence-corrected chi connectivity index (χ4v) is 4.09. The third kappa shape index (κ3) is 1.81. The number of fused-ring (bicyclic) bond motifs is 2. The van der Waals surface area contributed by atoms with E-state index in [0.29, 0.717) is 23.7 Å². The predicted octanol–water partition coefficient (Wildman–Crippen LogP) is 2.62. The third-order valence-electron chi connectivity index (χ3n) is 4.97. The Morgan fingerprint density at radius 3 is 2.44 bits per heavy atom. The maximum absolute atomic E-state index is 12.4. The van der Waals surface area contributed by atoms with Crippen LogP contribution in [0.15, 0.2) is 0 Å². The normalized spacial score (nSPS) is 41.0. The highest BCUT2D eigenvalue weighted by atomic mass is 16.1. The number of Topliss-reactive ketones (excluding diaryl/α,β-unsaturated/α-hetero) is 1. The van der Waals surface area contributed by atoms with E-state index in [4.69, 9.17) is 0 Å². The summed E-state index contributed by atoms with van der Waals surface area (Å²) < 4.78 is 0. The van der Waals surface area contributed by atoms with E-state index < -0.39 is 0 Å². The van der Waals surface area contributed by atoms with Gasteiger partial charge in [0.25, 0.3) is 0 Å². The molecule has 3 atom stereocenters. The van der Waals surface area contributed by atoms with Crippen molar-refractivity contribution in [1.29, 1.82) is 0 Å². The molecule has 2 heteroatoms. The highest BCUT2D eigenvalue weighted by molar-refractivity contribution is 5.85. The van der Waals surface area contributed by atoms with Crippen LogP contribution in [0, 0.1) is 11.8 Å². The molecule has 0 aromatic carbocycles. The van der Waals surface area contributed by atoms with E-state index in [1.165, 1.54) is 64.5 Å². The van der Waals surface area contributed by atoms with Crippen molar-refractivity contribution in [3.63, 3.8) is 0 Å². The monoisotopic (exact) mass is 221 g/mol. The van der Waals surface area contributed by atoms with Crippen LogP contribution >= 0.6 is 0 Å². The average Bonchev–Trinajstić information content (AvgIpc) is 2.78. The second-order valence-corrected chi connectivity index (χ2v) is 5.88. The van der Waals surface area contributed by atoms with Crippen LogP contribution in [0.5, 0.6) is 0 Å². The fraction of sp³-hybridized carbons (Fsp3) is 0.929. The lowest BCUT2D eigenvalue weighted by Crippen LogP contribution is -2.46. The molecule has 0 radical (unpaired) electrons. The molecule has 3 rings (SSSR count). The second-order valence-electron chi connectivity index (χ2n) is 5.88. The van der Waals surface area contributed by atoms with Gasteiger partial charge in [-0.2, -0.15) is 0 Å². The van der Waals surface area contributed by atoms with E-state index in [1.807, 2.05) is 0 Å². The van der Waals surface area contributed by atoms with E-state index >= 15 is 0 Å². The quantitative estimate of drug-likeness (QED) is 0.678. The first kappa shape index (κ1) is 10.8. The Hall–Kier alpha value is -0.370. The molecule has 2 nitrogen and oxygen atoms in total. The average molecular weight is 221 g/mol. The minimum Gasteiger partial charge on any atom is -0.300 e. The molecular weight excluding hydrogens is 198 g/mol. The van der Waals surface area contributed by atoms with Crippen molar-refractivity contribution in [3.05, 3.63) is 0 Å². The third-order valence-corrected chi connectivity index (χ3v) is 4.97. The number of ketones is 1. The Morgan fingerprint density at radius 2 is 1.62 bits per heavy atom. The molecule has 0 aromatic rings. The first-order valence-electron chi connectivity index (χ1n) is 7.14. The van der Waals surface area contributed by atoms with Crippen molar-refractivity contribution in [1.82, 2.24) is 4.90 Å². The van der Waals surface area contributed by atoms with Crippen LogP contribution in [0.25, 0.3) is 0 Å². The van der Waals surface area contributed by atoms with Gasteiger partial charge in [0.05, 0.1) is 0 Å². The lowest BCUT2D eigenvalue weighted by atomic mass is 9.75. The summed E-state index contributed by atoms with van der Waals surface area (Å²) in [6, 6.07) is 0.615. The molecule has 3 unspecified atom stereocenters. The maximum Gasteiger partial charge on any atom is 0.140 e. The summed E-state index contributed by atoms with van der Waals surface area (Å²) in [4.78, 5) is 15.0. The van der Waals surface area contributed by atoms with Crippen molar-refractivity contribution in [2.24, 2.45) is 11.8 Å². The minimum atomic E-state index is 0.402. The Bertz CT molecular complexity index is 270. The Labute approximate surface area is 98.4 Å². The summed E-state index contributed by atoms with van der Waals surface area (Å²) in [5.41, 5.74) is 0. The van der Waals surface area contributed by atoms with Gasteiger partial charge in [0.2, 0.25) is 0 Å². The minimum absolute atomic E-state index is 0.402. The van der Waals surface area contributed by atoms with Crippen LogP contribution in [0.3, 0.4) is 0 Å². The van der Waals surface area contributed by atoms with E-state index in [9.17, 15) is 4.79 Å². The number of hydrogen-bond donors (Lipinski definition) is 0. The second kappa shape index (κ2) is 4.48. The molecule has 2 saturated carbocycles. The van der Waals surface area contributed by atoms with E-state index in [2.05, 4.69) is 4.90 Å². The lowest BCUT2D eigenvalue weighted by molar-refractivity contribution is -0.132. The van der Waals surface area contributed by atoms with Gasteiger partial charge in [0.1, 0.15) is 5.78 Å². The SMILES string of the molecule is O=C1C2CCCCC1C(N1CCCC1)CC2.